The summed E-state index contributed by atoms with van der Waals surface area (Å²) in [5.74, 6) is -1.31. The number of nitrogens with one attached hydrogen (secondary N) is 1. The van der Waals surface area contributed by atoms with Gasteiger partial charge in [0, 0.05) is 24.2 Å². The third kappa shape index (κ3) is 4.33. The zero-order chi connectivity index (χ0) is 22.8. The van der Waals surface area contributed by atoms with Crippen molar-refractivity contribution in [3.8, 4) is 0 Å². The molecule has 0 radical (unpaired) electrons. The number of carbonyl (C=O) groups is 2. The molecule has 0 saturated carbocycles. The van der Waals surface area contributed by atoms with Crippen molar-refractivity contribution in [1.29, 1.82) is 0 Å². The molecule has 0 bridgehead atoms. The molecular formula is C21H17ClN4O5S. The van der Waals surface area contributed by atoms with Gasteiger partial charge in [-0.25, -0.2) is 0 Å². The Balaban J connectivity index is 1.69. The highest BCUT2D eigenvalue weighted by Crippen LogP contribution is 2.31. The Morgan fingerprint density at radius 1 is 1.12 bits per heavy atom. The predicted octanol–water partition coefficient (Wildman–Crippen LogP) is 2.92. The van der Waals surface area contributed by atoms with E-state index in [9.17, 15) is 19.7 Å². The van der Waals surface area contributed by atoms with E-state index in [1.165, 1.54) is 17.0 Å². The molecule has 164 valence electrons. The summed E-state index contributed by atoms with van der Waals surface area (Å²) < 4.78 is 5.31. The van der Waals surface area contributed by atoms with Crippen LogP contribution >= 0.6 is 23.8 Å². The molecule has 2 heterocycles. The van der Waals surface area contributed by atoms with Crippen molar-refractivity contribution in [3.05, 3.63) is 68.7 Å². The molecule has 2 saturated heterocycles. The highest BCUT2D eigenvalue weighted by atomic mass is 35.5. The molecule has 2 fully saturated rings. The lowest BCUT2D eigenvalue weighted by Gasteiger charge is -2.29. The minimum absolute atomic E-state index is 0.0619. The maximum Gasteiger partial charge on any atom is 0.293 e. The summed E-state index contributed by atoms with van der Waals surface area (Å²) in [6.45, 7) is 2.04. The van der Waals surface area contributed by atoms with Crippen LogP contribution in [0.1, 0.15) is 5.56 Å². The lowest BCUT2D eigenvalue weighted by atomic mass is 10.1. The van der Waals surface area contributed by atoms with E-state index in [2.05, 4.69) is 5.32 Å². The standard InChI is InChI=1S/C21H17ClN4O5S/c22-14-2-4-15(5-3-14)25-20(28)16(19(27)23-21(25)32)11-13-1-6-17(18(12-13)26(29)30)24-7-9-31-10-8-24/h1-6,11-12H,7-10H2,(H,23,27,32). The van der Waals surface area contributed by atoms with Gasteiger partial charge in [-0.15, -0.1) is 0 Å². The second-order valence-corrected chi connectivity index (χ2v) is 7.86. The maximum absolute atomic E-state index is 13.1. The first-order valence-electron chi connectivity index (χ1n) is 9.63. The van der Waals surface area contributed by atoms with Crippen LogP contribution < -0.4 is 15.1 Å². The number of benzene rings is 2. The van der Waals surface area contributed by atoms with Crippen LogP contribution in [0.2, 0.25) is 5.02 Å². The number of rotatable bonds is 4. The highest BCUT2D eigenvalue weighted by molar-refractivity contribution is 7.80. The minimum Gasteiger partial charge on any atom is -0.378 e. The number of nitro benzene ring substituents is 1. The number of carbonyl (C=O) groups excluding carboxylic acids is 2. The van der Waals surface area contributed by atoms with Gasteiger partial charge in [0.15, 0.2) is 5.11 Å². The van der Waals surface area contributed by atoms with Gasteiger partial charge in [-0.2, -0.15) is 0 Å². The Bertz CT molecular complexity index is 1150. The quantitative estimate of drug-likeness (QED) is 0.240. The third-order valence-electron chi connectivity index (χ3n) is 5.05. The summed E-state index contributed by atoms with van der Waals surface area (Å²) in [5.41, 5.74) is 0.931. The van der Waals surface area contributed by atoms with Gasteiger partial charge < -0.3 is 9.64 Å². The molecule has 0 aromatic heterocycles. The molecule has 2 aliphatic rings. The zero-order valence-electron chi connectivity index (χ0n) is 16.6. The van der Waals surface area contributed by atoms with Crippen LogP contribution in [0.15, 0.2) is 48.0 Å². The van der Waals surface area contributed by atoms with Gasteiger partial charge >= 0.3 is 0 Å². The van der Waals surface area contributed by atoms with Crippen LogP contribution in [-0.2, 0) is 14.3 Å². The molecular weight excluding hydrogens is 456 g/mol. The van der Waals surface area contributed by atoms with Gasteiger partial charge in [-0.05, 0) is 54.2 Å². The van der Waals surface area contributed by atoms with Crippen LogP contribution in [0.4, 0.5) is 17.1 Å². The summed E-state index contributed by atoms with van der Waals surface area (Å²) in [6, 6.07) is 11.0. The van der Waals surface area contributed by atoms with Crippen LogP contribution in [0.25, 0.3) is 6.08 Å². The number of anilines is 2. The van der Waals surface area contributed by atoms with Gasteiger partial charge in [0.05, 0.1) is 23.8 Å². The van der Waals surface area contributed by atoms with Crippen molar-refractivity contribution < 1.29 is 19.2 Å². The molecule has 1 N–H and O–H groups in total. The van der Waals surface area contributed by atoms with E-state index in [0.29, 0.717) is 48.3 Å². The SMILES string of the molecule is O=C1NC(=S)N(c2ccc(Cl)cc2)C(=O)C1=Cc1ccc(N2CCOCC2)c([N+](=O)[O-])c1. The molecule has 0 unspecified atom stereocenters. The Morgan fingerprint density at radius 2 is 1.81 bits per heavy atom. The fraction of sp³-hybridized carbons (Fsp3) is 0.190. The van der Waals surface area contributed by atoms with Crippen molar-refractivity contribution in [2.24, 2.45) is 0 Å². The number of amides is 2. The van der Waals surface area contributed by atoms with Gasteiger partial charge in [0.1, 0.15) is 11.3 Å². The molecule has 0 spiro atoms. The van der Waals surface area contributed by atoms with E-state index in [1.807, 2.05) is 4.90 Å². The summed E-state index contributed by atoms with van der Waals surface area (Å²) in [5, 5.41) is 14.6. The number of thiocarbonyl (C=S) groups is 1. The summed E-state index contributed by atoms with van der Waals surface area (Å²) in [6.07, 6.45) is 1.32. The van der Waals surface area contributed by atoms with E-state index in [-0.39, 0.29) is 16.4 Å². The van der Waals surface area contributed by atoms with Gasteiger partial charge in [-0.3, -0.25) is 29.9 Å². The number of morpholine rings is 1. The molecule has 2 amide bonds. The Morgan fingerprint density at radius 3 is 2.47 bits per heavy atom. The van der Waals surface area contributed by atoms with Gasteiger partial charge in [-0.1, -0.05) is 17.7 Å². The Labute approximate surface area is 193 Å². The molecule has 0 aliphatic carbocycles. The first kappa shape index (κ1) is 21.9. The first-order chi connectivity index (χ1) is 15.3. The Kier molecular flexibility index (Phi) is 6.17. The second-order valence-electron chi connectivity index (χ2n) is 7.04. The number of ether oxygens (including phenoxy) is 1. The van der Waals surface area contributed by atoms with Crippen molar-refractivity contribution in [3.63, 3.8) is 0 Å². The smallest absolute Gasteiger partial charge is 0.293 e. The van der Waals surface area contributed by atoms with Crippen molar-refractivity contribution in [1.82, 2.24) is 5.32 Å². The Hall–Kier alpha value is -3.34. The van der Waals surface area contributed by atoms with E-state index in [0.717, 1.165) is 0 Å². The summed E-state index contributed by atoms with van der Waals surface area (Å²) >= 11 is 11.1. The van der Waals surface area contributed by atoms with E-state index in [1.54, 1.807) is 36.4 Å². The van der Waals surface area contributed by atoms with E-state index < -0.39 is 16.7 Å². The number of nitrogens with zero attached hydrogens (tertiary/aromatic N) is 3. The molecule has 9 nitrogen and oxygen atoms in total. The first-order valence-corrected chi connectivity index (χ1v) is 10.4. The number of hydrogen-bond acceptors (Lipinski definition) is 7. The monoisotopic (exact) mass is 472 g/mol. The molecule has 2 aliphatic heterocycles. The van der Waals surface area contributed by atoms with Crippen molar-refractivity contribution in [2.45, 2.75) is 0 Å². The molecule has 2 aromatic rings. The fourth-order valence-corrected chi connectivity index (χ4v) is 3.90. The molecule has 4 rings (SSSR count). The van der Waals surface area contributed by atoms with Gasteiger partial charge in [0.25, 0.3) is 17.5 Å². The molecule has 11 heteroatoms. The van der Waals surface area contributed by atoms with Crippen LogP contribution in [0.3, 0.4) is 0 Å². The maximum atomic E-state index is 13.1. The average Bonchev–Trinajstić information content (AvgIpc) is 2.78. The molecule has 2 aromatic carbocycles. The minimum atomic E-state index is -0.676. The zero-order valence-corrected chi connectivity index (χ0v) is 18.2. The van der Waals surface area contributed by atoms with E-state index in [4.69, 9.17) is 28.6 Å². The predicted molar refractivity (Wildman–Crippen MR) is 124 cm³/mol. The lowest BCUT2D eigenvalue weighted by Crippen LogP contribution is -2.54. The van der Waals surface area contributed by atoms with Crippen molar-refractivity contribution in [2.75, 3.05) is 36.1 Å². The molecule has 0 atom stereocenters. The van der Waals surface area contributed by atoms with E-state index >= 15 is 0 Å². The summed E-state index contributed by atoms with van der Waals surface area (Å²) in [7, 11) is 0. The highest BCUT2D eigenvalue weighted by Gasteiger charge is 2.34. The summed E-state index contributed by atoms with van der Waals surface area (Å²) in [4.78, 5) is 39.8. The average molecular weight is 473 g/mol. The van der Waals surface area contributed by atoms with Crippen LogP contribution in [0, 0.1) is 10.1 Å². The fourth-order valence-electron chi connectivity index (χ4n) is 3.50. The van der Waals surface area contributed by atoms with Crippen LogP contribution in [-0.4, -0.2) is 48.2 Å². The lowest BCUT2D eigenvalue weighted by molar-refractivity contribution is -0.384. The number of halogens is 1. The number of hydrogen-bond donors (Lipinski definition) is 1. The molecule has 32 heavy (non-hydrogen) atoms. The second kappa shape index (κ2) is 9.03. The largest absolute Gasteiger partial charge is 0.378 e. The van der Waals surface area contributed by atoms with Crippen LogP contribution in [0.5, 0.6) is 0 Å². The van der Waals surface area contributed by atoms with Gasteiger partial charge in [0.2, 0.25) is 0 Å². The normalized spacial score (nSPS) is 18.2. The topological polar surface area (TPSA) is 105 Å². The van der Waals surface area contributed by atoms with Crippen molar-refractivity contribution >= 4 is 63.9 Å². The third-order valence-corrected chi connectivity index (χ3v) is 5.58. The number of nitro groups is 1.